The van der Waals surface area contributed by atoms with Gasteiger partial charge in [0.1, 0.15) is 5.82 Å². The molecule has 19 heavy (non-hydrogen) atoms. The van der Waals surface area contributed by atoms with Crippen molar-refractivity contribution >= 4 is 5.91 Å². The van der Waals surface area contributed by atoms with Gasteiger partial charge in [-0.1, -0.05) is 47.0 Å². The van der Waals surface area contributed by atoms with Crippen molar-refractivity contribution in [3.05, 3.63) is 11.6 Å². The summed E-state index contributed by atoms with van der Waals surface area (Å²) in [6.07, 6.45) is 5.38. The van der Waals surface area contributed by atoms with Gasteiger partial charge in [-0.25, -0.2) is 4.98 Å². The van der Waals surface area contributed by atoms with Gasteiger partial charge in [0, 0.05) is 12.0 Å². The monoisotopic (exact) mass is 266 g/mol. The average molecular weight is 266 g/mol. The molecule has 1 rings (SSSR count). The van der Waals surface area contributed by atoms with Gasteiger partial charge < -0.3 is 5.32 Å². The second kappa shape index (κ2) is 7.92. The highest BCUT2D eigenvalue weighted by atomic mass is 16.2. The van der Waals surface area contributed by atoms with Crippen LogP contribution in [0.4, 0.5) is 0 Å². The maximum atomic E-state index is 12.1. The normalized spacial score (nSPS) is 12.7. The molecule has 1 atom stereocenters. The Balaban J connectivity index is 2.59. The molecule has 0 saturated carbocycles. The van der Waals surface area contributed by atoms with Crippen LogP contribution in [0.3, 0.4) is 0 Å². The quantitative estimate of drug-likeness (QED) is 0.759. The molecule has 1 unspecified atom stereocenters. The van der Waals surface area contributed by atoms with Gasteiger partial charge >= 0.3 is 0 Å². The van der Waals surface area contributed by atoms with E-state index in [1.54, 1.807) is 0 Å². The molecular formula is C14H26N4O. The van der Waals surface area contributed by atoms with Crippen molar-refractivity contribution in [3.8, 4) is 0 Å². The number of carbonyl (C=O) groups is 1. The third kappa shape index (κ3) is 5.01. The van der Waals surface area contributed by atoms with E-state index in [-0.39, 0.29) is 23.7 Å². The van der Waals surface area contributed by atoms with Crippen molar-refractivity contribution < 1.29 is 4.79 Å². The van der Waals surface area contributed by atoms with Crippen LogP contribution >= 0.6 is 0 Å². The second-order valence-electron chi connectivity index (χ2n) is 5.30. The van der Waals surface area contributed by atoms with Crippen molar-refractivity contribution in [2.45, 2.75) is 71.8 Å². The van der Waals surface area contributed by atoms with E-state index < -0.39 is 0 Å². The van der Waals surface area contributed by atoms with E-state index in [0.717, 1.165) is 37.9 Å². The Kier molecular flexibility index (Phi) is 6.53. The molecule has 0 radical (unpaired) electrons. The number of nitrogens with one attached hydrogen (secondary N) is 2. The summed E-state index contributed by atoms with van der Waals surface area (Å²) in [6, 6.07) is 0.235. The molecule has 0 saturated heterocycles. The number of rotatable bonds is 8. The van der Waals surface area contributed by atoms with Crippen LogP contribution in [0, 0.1) is 0 Å². The number of carbonyl (C=O) groups excluding carboxylic acids is 1. The zero-order valence-electron chi connectivity index (χ0n) is 12.5. The number of nitrogens with zero attached hydrogens (tertiary/aromatic N) is 2. The van der Waals surface area contributed by atoms with E-state index in [4.69, 9.17) is 0 Å². The predicted octanol–water partition coefficient (Wildman–Crippen LogP) is 3.02. The predicted molar refractivity (Wildman–Crippen MR) is 76.2 cm³/mol. The lowest BCUT2D eigenvalue weighted by atomic mass is 10.1. The van der Waals surface area contributed by atoms with Gasteiger partial charge in [-0.15, -0.1) is 5.10 Å². The van der Waals surface area contributed by atoms with E-state index in [1.807, 2.05) is 13.8 Å². The van der Waals surface area contributed by atoms with Crippen LogP contribution in [-0.4, -0.2) is 27.1 Å². The summed E-state index contributed by atoms with van der Waals surface area (Å²) >= 11 is 0. The van der Waals surface area contributed by atoms with Crippen LogP contribution in [0.25, 0.3) is 0 Å². The van der Waals surface area contributed by atoms with E-state index in [9.17, 15) is 4.79 Å². The Morgan fingerprint density at radius 1 is 1.26 bits per heavy atom. The molecule has 0 aliphatic heterocycles. The van der Waals surface area contributed by atoms with Gasteiger partial charge in [-0.05, 0) is 12.8 Å². The Hall–Kier alpha value is -1.39. The fourth-order valence-electron chi connectivity index (χ4n) is 1.97. The number of unbranched alkanes of at least 4 members (excludes halogenated alkanes) is 1. The maximum absolute atomic E-state index is 12.1. The van der Waals surface area contributed by atoms with Gasteiger partial charge in [-0.3, -0.25) is 9.89 Å². The molecule has 2 N–H and O–H groups in total. The molecule has 1 heterocycles. The first kappa shape index (κ1) is 15.7. The average Bonchev–Trinajstić information content (AvgIpc) is 2.86. The summed E-state index contributed by atoms with van der Waals surface area (Å²) in [5.74, 6) is 1.09. The first-order chi connectivity index (χ1) is 9.08. The highest BCUT2D eigenvalue weighted by Gasteiger charge is 2.17. The van der Waals surface area contributed by atoms with Crippen molar-refractivity contribution in [2.24, 2.45) is 0 Å². The third-order valence-corrected chi connectivity index (χ3v) is 3.13. The smallest absolute Gasteiger partial charge is 0.291 e. The van der Waals surface area contributed by atoms with Crippen molar-refractivity contribution in [1.29, 1.82) is 0 Å². The topological polar surface area (TPSA) is 70.7 Å². The summed E-state index contributed by atoms with van der Waals surface area (Å²) in [6.45, 7) is 8.33. The van der Waals surface area contributed by atoms with E-state index >= 15 is 0 Å². The highest BCUT2D eigenvalue weighted by Crippen LogP contribution is 2.10. The molecular weight excluding hydrogens is 240 g/mol. The molecule has 0 aliphatic carbocycles. The maximum Gasteiger partial charge on any atom is 0.291 e. The zero-order valence-corrected chi connectivity index (χ0v) is 12.5. The molecule has 5 heteroatoms. The summed E-state index contributed by atoms with van der Waals surface area (Å²) in [7, 11) is 0. The molecule has 0 fully saturated rings. The van der Waals surface area contributed by atoms with Gasteiger partial charge in [-0.2, -0.15) is 0 Å². The summed E-state index contributed by atoms with van der Waals surface area (Å²) < 4.78 is 0. The molecule has 0 bridgehead atoms. The van der Waals surface area contributed by atoms with Crippen LogP contribution in [0.15, 0.2) is 0 Å². The van der Waals surface area contributed by atoms with Gasteiger partial charge in [0.25, 0.3) is 5.91 Å². The van der Waals surface area contributed by atoms with Crippen LogP contribution in [0.2, 0.25) is 0 Å². The van der Waals surface area contributed by atoms with Crippen molar-refractivity contribution in [2.75, 3.05) is 0 Å². The van der Waals surface area contributed by atoms with E-state index in [0.29, 0.717) is 0 Å². The molecule has 0 aromatic carbocycles. The standard InChI is InChI=1S/C14H26N4O/c1-5-7-9-11(8-6-2)15-14(19)13-16-12(10(3)4)17-18-13/h10-11H,5-9H2,1-4H3,(H,15,19)(H,16,17,18). The second-order valence-corrected chi connectivity index (χ2v) is 5.30. The molecule has 5 nitrogen and oxygen atoms in total. The SMILES string of the molecule is CCCCC(CCC)NC(=O)c1n[nH]c(C(C)C)n1. The number of hydrogen-bond acceptors (Lipinski definition) is 3. The number of amides is 1. The van der Waals surface area contributed by atoms with Crippen LogP contribution < -0.4 is 5.32 Å². The number of H-pyrrole nitrogens is 1. The highest BCUT2D eigenvalue weighted by molar-refractivity contribution is 5.90. The van der Waals surface area contributed by atoms with Crippen molar-refractivity contribution in [3.63, 3.8) is 0 Å². The number of aromatic amines is 1. The fourth-order valence-corrected chi connectivity index (χ4v) is 1.97. The van der Waals surface area contributed by atoms with Gasteiger partial charge in [0.2, 0.25) is 5.82 Å². The number of aromatic nitrogens is 3. The Morgan fingerprint density at radius 2 is 2.00 bits per heavy atom. The first-order valence-corrected chi connectivity index (χ1v) is 7.31. The van der Waals surface area contributed by atoms with Crippen LogP contribution in [-0.2, 0) is 0 Å². The molecule has 1 aromatic rings. The lowest BCUT2D eigenvalue weighted by molar-refractivity contribution is 0.0922. The Bertz CT molecular complexity index is 387. The first-order valence-electron chi connectivity index (χ1n) is 7.31. The minimum absolute atomic E-state index is 0.169. The van der Waals surface area contributed by atoms with E-state index in [2.05, 4.69) is 34.3 Å². The molecule has 1 amide bonds. The van der Waals surface area contributed by atoms with Crippen LogP contribution in [0.5, 0.6) is 0 Å². The van der Waals surface area contributed by atoms with Crippen molar-refractivity contribution in [1.82, 2.24) is 20.5 Å². The summed E-state index contributed by atoms with van der Waals surface area (Å²) in [5.41, 5.74) is 0. The minimum Gasteiger partial charge on any atom is -0.347 e. The van der Waals surface area contributed by atoms with E-state index in [1.165, 1.54) is 0 Å². The minimum atomic E-state index is -0.169. The summed E-state index contributed by atoms with van der Waals surface area (Å²) in [4.78, 5) is 16.3. The van der Waals surface area contributed by atoms with Crippen LogP contribution in [0.1, 0.15) is 82.2 Å². The molecule has 1 aromatic heterocycles. The number of hydrogen-bond donors (Lipinski definition) is 2. The lowest BCUT2D eigenvalue weighted by Crippen LogP contribution is -2.35. The summed E-state index contributed by atoms with van der Waals surface area (Å²) in [5, 5.41) is 9.83. The largest absolute Gasteiger partial charge is 0.347 e. The van der Waals surface area contributed by atoms with Gasteiger partial charge in [0.05, 0.1) is 0 Å². The Labute approximate surface area is 115 Å². The zero-order chi connectivity index (χ0) is 14.3. The fraction of sp³-hybridized carbons (Fsp3) is 0.786. The molecule has 0 aliphatic rings. The molecule has 108 valence electrons. The van der Waals surface area contributed by atoms with Gasteiger partial charge in [0.15, 0.2) is 0 Å². The third-order valence-electron chi connectivity index (χ3n) is 3.13. The molecule has 0 spiro atoms. The Morgan fingerprint density at radius 3 is 2.53 bits per heavy atom. The lowest BCUT2D eigenvalue weighted by Gasteiger charge is -2.16.